The predicted molar refractivity (Wildman–Crippen MR) is 107 cm³/mol. The van der Waals surface area contributed by atoms with Crippen molar-refractivity contribution in [2.75, 3.05) is 18.4 Å². The molecule has 1 N–H and O–H groups in total. The third-order valence-corrected chi connectivity index (χ3v) is 6.83. The summed E-state index contributed by atoms with van der Waals surface area (Å²) < 4.78 is 53.4. The number of sulfonamides is 1. The largest absolute Gasteiger partial charge is 0.326 e. The molecule has 0 unspecified atom stereocenters. The maximum atomic E-state index is 13.2. The van der Waals surface area contributed by atoms with Gasteiger partial charge in [0.1, 0.15) is 11.6 Å². The number of benzene rings is 2. The van der Waals surface area contributed by atoms with Crippen molar-refractivity contribution in [1.29, 1.82) is 0 Å². The Bertz CT molecular complexity index is 934. The molecule has 0 spiro atoms. The van der Waals surface area contributed by atoms with Gasteiger partial charge in [-0.2, -0.15) is 4.31 Å². The van der Waals surface area contributed by atoms with E-state index in [4.69, 9.17) is 0 Å². The minimum absolute atomic E-state index is 0.0615. The van der Waals surface area contributed by atoms with E-state index in [9.17, 15) is 22.0 Å². The molecule has 0 aliphatic carbocycles. The molecule has 0 saturated carbocycles. The number of rotatable bonds is 6. The molecule has 1 saturated heterocycles. The van der Waals surface area contributed by atoms with Gasteiger partial charge in [0.25, 0.3) is 0 Å². The first-order chi connectivity index (χ1) is 13.8. The Morgan fingerprint density at radius 3 is 2.10 bits per heavy atom. The Kier molecular flexibility index (Phi) is 6.97. The van der Waals surface area contributed by atoms with Gasteiger partial charge in [-0.25, -0.2) is 17.2 Å². The Balaban J connectivity index is 1.58. The van der Waals surface area contributed by atoms with Crippen molar-refractivity contribution < 1.29 is 22.0 Å². The van der Waals surface area contributed by atoms with Gasteiger partial charge in [0.2, 0.25) is 15.9 Å². The SMILES string of the molecule is O=C(CCc1ccc(S(=O)(=O)N2CCCCCC2)cc1)Nc1cc(F)cc(F)c1. The van der Waals surface area contributed by atoms with E-state index in [1.54, 1.807) is 28.6 Å². The number of nitrogens with one attached hydrogen (secondary N) is 1. The van der Waals surface area contributed by atoms with Crippen LogP contribution in [0.1, 0.15) is 37.7 Å². The second-order valence-corrected chi connectivity index (χ2v) is 9.11. The molecule has 0 atom stereocenters. The molecule has 156 valence electrons. The number of aryl methyl sites for hydroxylation is 1. The molecule has 1 fully saturated rings. The van der Waals surface area contributed by atoms with Gasteiger partial charge in [-0.05, 0) is 49.1 Å². The number of hydrogen-bond donors (Lipinski definition) is 1. The summed E-state index contributed by atoms with van der Waals surface area (Å²) in [6.45, 7) is 1.09. The van der Waals surface area contributed by atoms with Gasteiger partial charge in [0, 0.05) is 31.3 Å². The van der Waals surface area contributed by atoms with Crippen molar-refractivity contribution in [3.63, 3.8) is 0 Å². The van der Waals surface area contributed by atoms with Crippen molar-refractivity contribution in [2.24, 2.45) is 0 Å². The molecule has 29 heavy (non-hydrogen) atoms. The van der Waals surface area contributed by atoms with Gasteiger partial charge in [0.05, 0.1) is 4.90 Å². The van der Waals surface area contributed by atoms with Crippen LogP contribution in [-0.2, 0) is 21.2 Å². The fourth-order valence-corrected chi connectivity index (χ4v) is 4.88. The lowest BCUT2D eigenvalue weighted by molar-refractivity contribution is -0.116. The molecule has 1 amide bonds. The summed E-state index contributed by atoms with van der Waals surface area (Å²) in [4.78, 5) is 12.3. The third-order valence-electron chi connectivity index (χ3n) is 4.91. The molecule has 0 bridgehead atoms. The van der Waals surface area contributed by atoms with Crippen molar-refractivity contribution in [1.82, 2.24) is 4.31 Å². The van der Waals surface area contributed by atoms with Crippen molar-refractivity contribution in [3.05, 3.63) is 59.7 Å². The molecule has 8 heteroatoms. The van der Waals surface area contributed by atoms with Crippen LogP contribution in [0, 0.1) is 11.6 Å². The standard InChI is InChI=1S/C21H24F2N2O3S/c22-17-13-18(23)15-19(14-17)24-21(26)10-7-16-5-8-20(9-6-16)29(27,28)25-11-3-1-2-4-12-25/h5-6,8-9,13-15H,1-4,7,10-12H2,(H,24,26). The van der Waals surface area contributed by atoms with Crippen LogP contribution >= 0.6 is 0 Å². The lowest BCUT2D eigenvalue weighted by Crippen LogP contribution is -2.31. The van der Waals surface area contributed by atoms with Gasteiger partial charge in [-0.1, -0.05) is 25.0 Å². The second kappa shape index (κ2) is 9.45. The monoisotopic (exact) mass is 422 g/mol. The fourth-order valence-electron chi connectivity index (χ4n) is 3.37. The highest BCUT2D eigenvalue weighted by atomic mass is 32.2. The topological polar surface area (TPSA) is 66.5 Å². The van der Waals surface area contributed by atoms with E-state index in [0.717, 1.165) is 49.4 Å². The number of nitrogens with zero attached hydrogens (tertiary/aromatic N) is 1. The number of hydrogen-bond acceptors (Lipinski definition) is 3. The summed E-state index contributed by atoms with van der Waals surface area (Å²) in [7, 11) is -3.50. The Hall–Kier alpha value is -2.32. The third kappa shape index (κ3) is 5.83. The van der Waals surface area contributed by atoms with Gasteiger partial charge >= 0.3 is 0 Å². The van der Waals surface area contributed by atoms with Crippen LogP contribution in [0.25, 0.3) is 0 Å². The summed E-state index contributed by atoms with van der Waals surface area (Å²) in [6, 6.07) is 9.34. The molecule has 3 rings (SSSR count). The highest BCUT2D eigenvalue weighted by Crippen LogP contribution is 2.21. The molecule has 2 aromatic carbocycles. The van der Waals surface area contributed by atoms with Crippen LogP contribution < -0.4 is 5.32 Å². The van der Waals surface area contributed by atoms with Gasteiger partial charge in [0.15, 0.2) is 0 Å². The maximum absolute atomic E-state index is 13.2. The Labute approximate surface area is 169 Å². The molecule has 0 radical (unpaired) electrons. The van der Waals surface area contributed by atoms with Crippen molar-refractivity contribution >= 4 is 21.6 Å². The van der Waals surface area contributed by atoms with Crippen molar-refractivity contribution in [2.45, 2.75) is 43.4 Å². The zero-order valence-electron chi connectivity index (χ0n) is 16.0. The summed E-state index contributed by atoms with van der Waals surface area (Å²) in [5, 5.41) is 2.46. The number of amides is 1. The molecular weight excluding hydrogens is 398 g/mol. The molecule has 5 nitrogen and oxygen atoms in total. The lowest BCUT2D eigenvalue weighted by Gasteiger charge is -2.20. The highest BCUT2D eigenvalue weighted by Gasteiger charge is 2.24. The van der Waals surface area contributed by atoms with Crippen LogP contribution in [0.15, 0.2) is 47.4 Å². The van der Waals surface area contributed by atoms with Gasteiger partial charge < -0.3 is 5.32 Å². The van der Waals surface area contributed by atoms with Gasteiger partial charge in [-0.15, -0.1) is 0 Å². The Morgan fingerprint density at radius 1 is 0.931 bits per heavy atom. The van der Waals surface area contributed by atoms with E-state index in [1.165, 1.54) is 0 Å². The lowest BCUT2D eigenvalue weighted by atomic mass is 10.1. The fraction of sp³-hybridized carbons (Fsp3) is 0.381. The number of carbonyl (C=O) groups excluding carboxylic acids is 1. The second-order valence-electron chi connectivity index (χ2n) is 7.17. The molecule has 1 aliphatic rings. The first kappa shape index (κ1) is 21.4. The molecule has 1 aliphatic heterocycles. The van der Waals surface area contributed by atoms with E-state index in [0.29, 0.717) is 19.5 Å². The van der Waals surface area contributed by atoms with Gasteiger partial charge in [-0.3, -0.25) is 4.79 Å². The van der Waals surface area contributed by atoms with E-state index < -0.39 is 21.7 Å². The smallest absolute Gasteiger partial charge is 0.243 e. The summed E-state index contributed by atoms with van der Waals surface area (Å²) in [5.41, 5.74) is 0.867. The van der Waals surface area contributed by atoms with Crippen LogP contribution in [-0.4, -0.2) is 31.7 Å². The normalized spacial score (nSPS) is 15.7. The summed E-state index contributed by atoms with van der Waals surface area (Å²) >= 11 is 0. The van der Waals surface area contributed by atoms with E-state index in [1.807, 2.05) is 0 Å². The van der Waals surface area contributed by atoms with Crippen LogP contribution in [0.2, 0.25) is 0 Å². The molecule has 2 aromatic rings. The average molecular weight is 422 g/mol. The average Bonchev–Trinajstić information content (AvgIpc) is 2.96. The van der Waals surface area contributed by atoms with E-state index in [2.05, 4.69) is 5.32 Å². The minimum Gasteiger partial charge on any atom is -0.326 e. The molecule has 1 heterocycles. The van der Waals surface area contributed by atoms with Crippen molar-refractivity contribution in [3.8, 4) is 0 Å². The predicted octanol–water partition coefficient (Wildman–Crippen LogP) is 4.10. The number of anilines is 1. The first-order valence-electron chi connectivity index (χ1n) is 9.70. The number of halogens is 2. The summed E-state index contributed by atoms with van der Waals surface area (Å²) in [6.07, 6.45) is 4.35. The highest BCUT2D eigenvalue weighted by molar-refractivity contribution is 7.89. The Morgan fingerprint density at radius 2 is 1.52 bits per heavy atom. The quantitative estimate of drug-likeness (QED) is 0.762. The summed E-state index contributed by atoms with van der Waals surface area (Å²) in [5.74, 6) is -1.90. The molecule has 0 aromatic heterocycles. The van der Waals surface area contributed by atoms with E-state index >= 15 is 0 Å². The minimum atomic E-state index is -3.50. The van der Waals surface area contributed by atoms with Crippen LogP contribution in [0.4, 0.5) is 14.5 Å². The zero-order chi connectivity index (χ0) is 20.9. The van der Waals surface area contributed by atoms with Crippen LogP contribution in [0.3, 0.4) is 0 Å². The zero-order valence-corrected chi connectivity index (χ0v) is 16.9. The van der Waals surface area contributed by atoms with Crippen LogP contribution in [0.5, 0.6) is 0 Å². The maximum Gasteiger partial charge on any atom is 0.243 e. The van der Waals surface area contributed by atoms with E-state index in [-0.39, 0.29) is 22.9 Å². The molecular formula is C21H24F2N2O3S. The number of carbonyl (C=O) groups is 1. The first-order valence-corrected chi connectivity index (χ1v) is 11.1.